The van der Waals surface area contributed by atoms with Gasteiger partial charge in [-0.05, 0) is 50.0 Å². The number of aromatic nitrogens is 1. The molecule has 1 atom stereocenters. The zero-order valence-electron chi connectivity index (χ0n) is 14.2. The first-order valence-corrected chi connectivity index (χ1v) is 10.6. The summed E-state index contributed by atoms with van der Waals surface area (Å²) in [5.74, 6) is 1.49. The number of benzene rings is 1. The first kappa shape index (κ1) is 16.5. The minimum atomic E-state index is -3.18. The van der Waals surface area contributed by atoms with E-state index >= 15 is 0 Å². The lowest BCUT2D eigenvalue weighted by molar-refractivity contribution is 0.133. The molecule has 2 aliphatic rings. The highest BCUT2D eigenvalue weighted by Gasteiger charge is 2.31. The third kappa shape index (κ3) is 3.41. The molecule has 25 heavy (non-hydrogen) atoms. The van der Waals surface area contributed by atoms with E-state index in [1.165, 1.54) is 11.8 Å². The fourth-order valence-electron chi connectivity index (χ4n) is 3.68. The van der Waals surface area contributed by atoms with Crippen molar-refractivity contribution in [3.63, 3.8) is 0 Å². The lowest BCUT2D eigenvalue weighted by atomic mass is 9.90. The van der Waals surface area contributed by atoms with Gasteiger partial charge in [0.1, 0.15) is 11.9 Å². The second kappa shape index (κ2) is 6.42. The fraction of sp³-hybridized carbons (Fsp3) is 0.421. The topological polar surface area (TPSA) is 68.3 Å². The van der Waals surface area contributed by atoms with Gasteiger partial charge in [0.25, 0.3) is 0 Å². The standard InChI is InChI=1S/C19H22N2O3S/c1-25(22,23)16-4-2-13(3-5-16)17-10-15-11-18(24-19(15)12-21-17)14-6-8-20-9-7-14/h2-5,10,12,14,18,20H,6-9,11H2,1H3/t18-/m1/s1. The van der Waals surface area contributed by atoms with E-state index in [1.54, 1.807) is 18.3 Å². The van der Waals surface area contributed by atoms with Crippen molar-refractivity contribution in [2.24, 2.45) is 5.92 Å². The second-order valence-electron chi connectivity index (χ2n) is 6.92. The Morgan fingerprint density at radius 3 is 2.56 bits per heavy atom. The molecule has 0 spiro atoms. The van der Waals surface area contributed by atoms with Gasteiger partial charge in [-0.2, -0.15) is 0 Å². The normalized spacial score (nSPS) is 20.9. The van der Waals surface area contributed by atoms with Crippen molar-refractivity contribution in [3.05, 3.63) is 42.1 Å². The van der Waals surface area contributed by atoms with Gasteiger partial charge in [-0.25, -0.2) is 8.42 Å². The van der Waals surface area contributed by atoms with Gasteiger partial charge in [0.05, 0.1) is 16.8 Å². The smallest absolute Gasteiger partial charge is 0.175 e. The summed E-state index contributed by atoms with van der Waals surface area (Å²) in [6, 6.07) is 8.96. The van der Waals surface area contributed by atoms with Gasteiger partial charge in [0.15, 0.2) is 9.84 Å². The number of nitrogens with one attached hydrogen (secondary N) is 1. The number of pyridine rings is 1. The highest BCUT2D eigenvalue weighted by molar-refractivity contribution is 7.90. The Bertz CT molecular complexity index is 872. The lowest BCUT2D eigenvalue weighted by Gasteiger charge is -2.27. The van der Waals surface area contributed by atoms with Crippen molar-refractivity contribution >= 4 is 9.84 Å². The van der Waals surface area contributed by atoms with Crippen LogP contribution < -0.4 is 10.1 Å². The molecule has 3 heterocycles. The largest absolute Gasteiger partial charge is 0.488 e. The highest BCUT2D eigenvalue weighted by atomic mass is 32.2. The maximum absolute atomic E-state index is 11.6. The van der Waals surface area contributed by atoms with Crippen molar-refractivity contribution in [2.75, 3.05) is 19.3 Å². The molecule has 1 N–H and O–H groups in total. The zero-order valence-corrected chi connectivity index (χ0v) is 15.1. The maximum Gasteiger partial charge on any atom is 0.175 e. The van der Waals surface area contributed by atoms with Crippen molar-refractivity contribution < 1.29 is 13.2 Å². The summed E-state index contributed by atoms with van der Waals surface area (Å²) in [5.41, 5.74) is 2.97. The monoisotopic (exact) mass is 358 g/mol. The van der Waals surface area contributed by atoms with Gasteiger partial charge >= 0.3 is 0 Å². The molecule has 5 nitrogen and oxygen atoms in total. The molecule has 132 valence electrons. The van der Waals surface area contributed by atoms with E-state index in [0.717, 1.165) is 49.4 Å². The Morgan fingerprint density at radius 2 is 1.88 bits per heavy atom. The number of ether oxygens (including phenoxy) is 1. The number of rotatable bonds is 3. The predicted octanol–water partition coefficient (Wildman–Crippen LogP) is 2.46. The Morgan fingerprint density at radius 1 is 1.16 bits per heavy atom. The van der Waals surface area contributed by atoms with Crippen molar-refractivity contribution in [1.29, 1.82) is 0 Å². The van der Waals surface area contributed by atoms with Crippen molar-refractivity contribution in [2.45, 2.75) is 30.3 Å². The molecule has 0 amide bonds. The van der Waals surface area contributed by atoms with Gasteiger partial charge in [-0.15, -0.1) is 0 Å². The average Bonchev–Trinajstić information content (AvgIpc) is 3.05. The highest BCUT2D eigenvalue weighted by Crippen LogP contribution is 2.35. The first-order chi connectivity index (χ1) is 12.0. The third-order valence-corrected chi connectivity index (χ3v) is 6.26. The Labute approximate surface area is 148 Å². The van der Waals surface area contributed by atoms with E-state index in [2.05, 4.69) is 16.4 Å². The molecule has 0 aliphatic carbocycles. The molecule has 1 aromatic carbocycles. The van der Waals surface area contributed by atoms with Crippen LogP contribution in [-0.2, 0) is 16.3 Å². The van der Waals surface area contributed by atoms with Crippen LogP contribution in [0.2, 0.25) is 0 Å². The third-order valence-electron chi connectivity index (χ3n) is 5.14. The Balaban J connectivity index is 1.55. The lowest BCUT2D eigenvalue weighted by Crippen LogP contribution is -2.36. The maximum atomic E-state index is 11.6. The number of hydrogen-bond acceptors (Lipinski definition) is 5. The van der Waals surface area contributed by atoms with Gasteiger partial charge < -0.3 is 10.1 Å². The van der Waals surface area contributed by atoms with Gasteiger partial charge in [-0.1, -0.05) is 12.1 Å². The number of piperidine rings is 1. The molecular formula is C19H22N2O3S. The molecule has 0 radical (unpaired) electrons. The van der Waals surface area contributed by atoms with E-state index < -0.39 is 9.84 Å². The average molecular weight is 358 g/mol. The summed E-state index contributed by atoms with van der Waals surface area (Å²) in [6.07, 6.45) is 6.51. The van der Waals surface area contributed by atoms with Crippen LogP contribution in [0.15, 0.2) is 41.4 Å². The summed E-state index contributed by atoms with van der Waals surface area (Å²) in [7, 11) is -3.18. The zero-order chi connectivity index (χ0) is 17.4. The molecule has 0 unspecified atom stereocenters. The van der Waals surface area contributed by atoms with Crippen LogP contribution in [0.3, 0.4) is 0 Å². The molecule has 2 aliphatic heterocycles. The number of sulfone groups is 1. The van der Waals surface area contributed by atoms with Gasteiger partial charge in [0, 0.05) is 23.8 Å². The van der Waals surface area contributed by atoms with Gasteiger partial charge in [-0.3, -0.25) is 4.98 Å². The summed E-state index contributed by atoms with van der Waals surface area (Å²) >= 11 is 0. The first-order valence-electron chi connectivity index (χ1n) is 8.67. The van der Waals surface area contributed by atoms with E-state index in [0.29, 0.717) is 10.8 Å². The van der Waals surface area contributed by atoms with Crippen LogP contribution in [0.5, 0.6) is 5.75 Å². The fourth-order valence-corrected chi connectivity index (χ4v) is 4.31. The summed E-state index contributed by atoms with van der Waals surface area (Å²) in [4.78, 5) is 4.83. The van der Waals surface area contributed by atoms with Crippen LogP contribution in [0.4, 0.5) is 0 Å². The molecular weight excluding hydrogens is 336 g/mol. The van der Waals surface area contributed by atoms with Crippen molar-refractivity contribution in [3.8, 4) is 17.0 Å². The number of hydrogen-bond donors (Lipinski definition) is 1. The quantitative estimate of drug-likeness (QED) is 0.913. The molecule has 6 heteroatoms. The molecule has 2 aromatic rings. The Hall–Kier alpha value is -1.92. The minimum Gasteiger partial charge on any atom is -0.488 e. The predicted molar refractivity (Wildman–Crippen MR) is 96.5 cm³/mol. The molecule has 4 rings (SSSR count). The Kier molecular flexibility index (Phi) is 4.25. The molecule has 1 fully saturated rings. The summed E-state index contributed by atoms with van der Waals surface area (Å²) < 4.78 is 29.3. The number of fused-ring (bicyclic) bond motifs is 1. The molecule has 1 saturated heterocycles. The summed E-state index contributed by atoms with van der Waals surface area (Å²) in [6.45, 7) is 2.13. The van der Waals surface area contributed by atoms with Crippen LogP contribution >= 0.6 is 0 Å². The molecule has 1 aromatic heterocycles. The SMILES string of the molecule is CS(=O)(=O)c1ccc(-c2cc3c(cn2)O[C@@H](C2CCNCC2)C3)cc1. The van der Waals surface area contributed by atoms with E-state index in [1.807, 2.05) is 12.1 Å². The van der Waals surface area contributed by atoms with E-state index in [9.17, 15) is 8.42 Å². The number of nitrogens with zero attached hydrogens (tertiary/aromatic N) is 1. The minimum absolute atomic E-state index is 0.252. The van der Waals surface area contributed by atoms with E-state index in [-0.39, 0.29) is 6.10 Å². The molecule has 0 saturated carbocycles. The second-order valence-corrected chi connectivity index (χ2v) is 8.94. The van der Waals surface area contributed by atoms with E-state index in [4.69, 9.17) is 4.74 Å². The van der Waals surface area contributed by atoms with Crippen LogP contribution in [-0.4, -0.2) is 38.9 Å². The molecule has 0 bridgehead atoms. The van der Waals surface area contributed by atoms with Crippen LogP contribution in [0.25, 0.3) is 11.3 Å². The van der Waals surface area contributed by atoms with Crippen LogP contribution in [0, 0.1) is 5.92 Å². The summed E-state index contributed by atoms with van der Waals surface area (Å²) in [5, 5.41) is 3.39. The van der Waals surface area contributed by atoms with Crippen LogP contribution in [0.1, 0.15) is 18.4 Å². The van der Waals surface area contributed by atoms with Gasteiger partial charge in [0.2, 0.25) is 0 Å². The van der Waals surface area contributed by atoms with Crippen molar-refractivity contribution in [1.82, 2.24) is 10.3 Å².